The Morgan fingerprint density at radius 3 is 1.46 bits per heavy atom. The molecule has 0 heterocycles. The van der Waals surface area contributed by atoms with Crippen LogP contribution in [0.1, 0.15) is 6.42 Å². The van der Waals surface area contributed by atoms with E-state index in [4.69, 9.17) is 0 Å². The Morgan fingerprint density at radius 2 is 1.15 bits per heavy atom. The van der Waals surface area contributed by atoms with Crippen LogP contribution in [0.3, 0.4) is 0 Å². The predicted molar refractivity (Wildman–Crippen MR) is 47.4 cm³/mol. The molecular formula is C7H12F4Si2. The van der Waals surface area contributed by atoms with Crippen molar-refractivity contribution in [3.63, 3.8) is 0 Å². The van der Waals surface area contributed by atoms with E-state index in [0.29, 0.717) is 0 Å². The van der Waals surface area contributed by atoms with Gasteiger partial charge in [-0.1, -0.05) is 18.5 Å². The Morgan fingerprint density at radius 1 is 0.769 bits per heavy atom. The van der Waals surface area contributed by atoms with Gasteiger partial charge >= 0.3 is 0 Å². The second-order valence-electron chi connectivity index (χ2n) is 2.54. The van der Waals surface area contributed by atoms with E-state index in [1.165, 1.54) is 0 Å². The summed E-state index contributed by atoms with van der Waals surface area (Å²) in [5.74, 6) is 0. The molecule has 0 saturated carbocycles. The van der Waals surface area contributed by atoms with Crippen LogP contribution in [0.15, 0.2) is 0 Å². The molecule has 0 aliphatic heterocycles. The van der Waals surface area contributed by atoms with Crippen molar-refractivity contribution in [1.82, 2.24) is 0 Å². The van der Waals surface area contributed by atoms with Crippen molar-refractivity contribution in [3.8, 4) is 0 Å². The van der Waals surface area contributed by atoms with Gasteiger partial charge in [-0.05, 0) is 12.1 Å². The summed E-state index contributed by atoms with van der Waals surface area (Å²) in [7, 11) is 0.571. The molecule has 0 aromatic rings. The molecule has 6 heteroatoms. The minimum atomic E-state index is -2.21. The number of hydrogen-bond donors (Lipinski definition) is 0. The molecule has 0 spiro atoms. The van der Waals surface area contributed by atoms with E-state index >= 15 is 0 Å². The molecule has 0 nitrogen and oxygen atoms in total. The highest BCUT2D eigenvalue weighted by Gasteiger charge is 2.04. The first-order valence-corrected chi connectivity index (χ1v) is 6.93. The Hall–Kier alpha value is 0.154. The first kappa shape index (κ1) is 13.2. The topological polar surface area (TPSA) is 0 Å². The second-order valence-corrected chi connectivity index (χ2v) is 5.36. The van der Waals surface area contributed by atoms with Crippen LogP contribution in [-0.4, -0.2) is 31.9 Å². The predicted octanol–water partition coefficient (Wildman–Crippen LogP) is 2.99. The number of alkyl halides is 4. The lowest BCUT2D eigenvalue weighted by molar-refractivity contribution is 0.170. The van der Waals surface area contributed by atoms with E-state index in [2.05, 4.69) is 0 Å². The molecule has 13 heavy (non-hydrogen) atoms. The zero-order valence-electron chi connectivity index (χ0n) is 7.20. The van der Waals surface area contributed by atoms with Gasteiger partial charge in [-0.15, -0.1) is 0 Å². The monoisotopic (exact) mass is 228 g/mol. The minimum Gasteiger partial charge on any atom is -0.211 e. The van der Waals surface area contributed by atoms with Crippen molar-refractivity contribution < 1.29 is 17.6 Å². The molecular weight excluding hydrogens is 216 g/mol. The summed E-state index contributed by atoms with van der Waals surface area (Å²) in [5.41, 5.74) is 0. The van der Waals surface area contributed by atoms with E-state index in [1.54, 1.807) is 0 Å². The smallest absolute Gasteiger partial charge is 0.211 e. The Bertz CT molecular complexity index is 98.7. The maximum atomic E-state index is 11.6. The molecule has 0 aliphatic carbocycles. The van der Waals surface area contributed by atoms with Crippen LogP contribution in [0.5, 0.6) is 0 Å². The van der Waals surface area contributed by atoms with Crippen LogP contribution in [0.2, 0.25) is 24.2 Å². The standard InChI is InChI=1S/C7H12F4Si2/c8-6(9)4-12-2-1-3-13-5-7(10)11/h6-7H,1-5H2. The summed E-state index contributed by atoms with van der Waals surface area (Å²) >= 11 is 0. The fraction of sp³-hybridized carbons (Fsp3) is 1.00. The molecule has 76 valence electrons. The number of halogens is 4. The summed E-state index contributed by atoms with van der Waals surface area (Å²) in [6.45, 7) is 0. The van der Waals surface area contributed by atoms with Gasteiger partial charge in [-0.3, -0.25) is 0 Å². The van der Waals surface area contributed by atoms with E-state index in [0.717, 1.165) is 18.5 Å². The summed E-state index contributed by atoms with van der Waals surface area (Å²) in [6, 6.07) is 1.47. The maximum Gasteiger partial charge on any atom is 0.235 e. The molecule has 0 amide bonds. The van der Waals surface area contributed by atoms with Crippen molar-refractivity contribution in [1.29, 1.82) is 0 Å². The first-order chi connectivity index (χ1) is 6.13. The molecule has 0 unspecified atom stereocenters. The van der Waals surface area contributed by atoms with E-state index < -0.39 is 12.9 Å². The third-order valence-electron chi connectivity index (χ3n) is 1.30. The van der Waals surface area contributed by atoms with Crippen molar-refractivity contribution >= 4 is 19.0 Å². The Kier molecular flexibility index (Phi) is 8.84. The van der Waals surface area contributed by atoms with Crippen molar-refractivity contribution in [2.75, 3.05) is 0 Å². The normalized spacial score (nSPS) is 11.5. The van der Waals surface area contributed by atoms with Gasteiger partial charge in [-0.25, -0.2) is 17.6 Å². The molecule has 0 saturated heterocycles. The number of hydrogen-bond acceptors (Lipinski definition) is 0. The molecule has 0 atom stereocenters. The zero-order valence-corrected chi connectivity index (χ0v) is 9.20. The lowest BCUT2D eigenvalue weighted by Gasteiger charge is -1.99. The fourth-order valence-corrected chi connectivity index (χ4v) is 2.81. The van der Waals surface area contributed by atoms with Gasteiger partial charge < -0.3 is 0 Å². The van der Waals surface area contributed by atoms with E-state index in [9.17, 15) is 17.6 Å². The van der Waals surface area contributed by atoms with Gasteiger partial charge in [0.2, 0.25) is 12.9 Å². The van der Waals surface area contributed by atoms with Crippen LogP contribution >= 0.6 is 0 Å². The first-order valence-electron chi connectivity index (χ1n) is 4.10. The van der Waals surface area contributed by atoms with Crippen LogP contribution in [-0.2, 0) is 0 Å². The lowest BCUT2D eigenvalue weighted by atomic mass is 10.6. The van der Waals surface area contributed by atoms with Gasteiger partial charge in [0.05, 0.1) is 0 Å². The fourth-order valence-electron chi connectivity index (χ4n) is 0.761. The molecule has 0 fully saturated rings. The van der Waals surface area contributed by atoms with Crippen LogP contribution in [0, 0.1) is 0 Å². The molecule has 0 aliphatic rings. The van der Waals surface area contributed by atoms with Crippen molar-refractivity contribution in [2.24, 2.45) is 0 Å². The quantitative estimate of drug-likeness (QED) is 0.340. The van der Waals surface area contributed by atoms with Crippen LogP contribution in [0.25, 0.3) is 0 Å². The van der Waals surface area contributed by atoms with Crippen LogP contribution in [0.4, 0.5) is 17.6 Å². The highest BCUT2D eigenvalue weighted by Crippen LogP contribution is 2.06. The summed E-state index contributed by atoms with van der Waals surface area (Å²) in [4.78, 5) is 0. The SMILES string of the molecule is FC(F)C[Si]CCC[Si]CC(F)F. The molecule has 0 rings (SSSR count). The third-order valence-corrected chi connectivity index (χ3v) is 3.91. The largest absolute Gasteiger partial charge is 0.235 e. The lowest BCUT2D eigenvalue weighted by Crippen LogP contribution is -2.00. The molecule has 0 bridgehead atoms. The average molecular weight is 228 g/mol. The number of rotatable bonds is 8. The Balaban J connectivity index is 2.92. The highest BCUT2D eigenvalue weighted by atomic mass is 28.2. The summed E-state index contributed by atoms with van der Waals surface area (Å²) < 4.78 is 46.5. The van der Waals surface area contributed by atoms with Crippen LogP contribution < -0.4 is 0 Å². The van der Waals surface area contributed by atoms with Gasteiger partial charge in [0, 0.05) is 19.0 Å². The molecule has 0 aromatic heterocycles. The van der Waals surface area contributed by atoms with Gasteiger partial charge in [-0.2, -0.15) is 0 Å². The summed E-state index contributed by atoms with van der Waals surface area (Å²) in [5, 5.41) is 0. The molecule has 0 aromatic carbocycles. The minimum absolute atomic E-state index is 0.0298. The van der Waals surface area contributed by atoms with Gasteiger partial charge in [0.1, 0.15) is 0 Å². The van der Waals surface area contributed by atoms with Gasteiger partial charge in [0.15, 0.2) is 0 Å². The third kappa shape index (κ3) is 12.2. The maximum absolute atomic E-state index is 11.6. The molecule has 0 N–H and O–H groups in total. The molecule has 4 radical (unpaired) electrons. The van der Waals surface area contributed by atoms with E-state index in [-0.39, 0.29) is 31.1 Å². The highest BCUT2D eigenvalue weighted by molar-refractivity contribution is 6.37. The van der Waals surface area contributed by atoms with Gasteiger partial charge in [0.25, 0.3) is 0 Å². The van der Waals surface area contributed by atoms with Crippen molar-refractivity contribution in [3.05, 3.63) is 0 Å². The van der Waals surface area contributed by atoms with E-state index in [1.807, 2.05) is 0 Å². The zero-order chi connectivity index (χ0) is 10.1. The van der Waals surface area contributed by atoms with Crippen molar-refractivity contribution in [2.45, 2.75) is 43.4 Å². The summed E-state index contributed by atoms with van der Waals surface area (Å²) in [6.07, 6.45) is -3.60. The average Bonchev–Trinajstić information content (AvgIpc) is 2.01. The second kappa shape index (κ2) is 8.74. The Labute approximate surface area is 80.7 Å².